The summed E-state index contributed by atoms with van der Waals surface area (Å²) in [6.07, 6.45) is 6.41. The van der Waals surface area contributed by atoms with Crippen LogP contribution in [0.3, 0.4) is 0 Å². The number of hydrogen-bond acceptors (Lipinski definition) is 2. The Morgan fingerprint density at radius 1 is 1.35 bits per heavy atom. The van der Waals surface area contributed by atoms with Crippen molar-refractivity contribution >= 4 is 11.6 Å². The van der Waals surface area contributed by atoms with E-state index in [1.165, 1.54) is 11.1 Å². The van der Waals surface area contributed by atoms with Crippen molar-refractivity contribution in [3.63, 3.8) is 0 Å². The first-order chi connectivity index (χ1) is 11.0. The molecule has 1 aliphatic rings. The molecular formula is C19H25N3O. The second-order valence-electron chi connectivity index (χ2n) is 6.72. The standard InChI is InChI=1S/C19H25N3O/c1-14(2)16-6-7-18-17(11-16)5-4-9-22(18)19(23)8-10-21-13-15(3)12-20-21/h6-7,11-14H,4-5,8-10H2,1-3H3. The van der Waals surface area contributed by atoms with E-state index in [2.05, 4.69) is 37.1 Å². The van der Waals surface area contributed by atoms with Crippen LogP contribution in [0, 0.1) is 6.92 Å². The summed E-state index contributed by atoms with van der Waals surface area (Å²) in [6.45, 7) is 7.89. The van der Waals surface area contributed by atoms with E-state index in [0.29, 0.717) is 18.9 Å². The highest BCUT2D eigenvalue weighted by molar-refractivity contribution is 5.94. The van der Waals surface area contributed by atoms with Crippen molar-refractivity contribution in [2.24, 2.45) is 0 Å². The van der Waals surface area contributed by atoms with Gasteiger partial charge in [0, 0.05) is 31.4 Å². The second kappa shape index (κ2) is 6.57. The van der Waals surface area contributed by atoms with Crippen molar-refractivity contribution in [1.82, 2.24) is 9.78 Å². The van der Waals surface area contributed by atoms with Crippen LogP contribution >= 0.6 is 0 Å². The monoisotopic (exact) mass is 311 g/mol. The third-order valence-electron chi connectivity index (χ3n) is 4.51. The topological polar surface area (TPSA) is 38.1 Å². The van der Waals surface area contributed by atoms with E-state index in [0.717, 1.165) is 30.6 Å². The minimum absolute atomic E-state index is 0.191. The van der Waals surface area contributed by atoms with Crippen LogP contribution in [0.4, 0.5) is 5.69 Å². The zero-order valence-corrected chi connectivity index (χ0v) is 14.2. The average Bonchev–Trinajstić information content (AvgIpc) is 2.97. The molecule has 0 radical (unpaired) electrons. The van der Waals surface area contributed by atoms with Crippen LogP contribution in [0.1, 0.15) is 49.3 Å². The number of hydrogen-bond donors (Lipinski definition) is 0. The fourth-order valence-corrected chi connectivity index (χ4v) is 3.17. The average molecular weight is 311 g/mol. The smallest absolute Gasteiger partial charge is 0.228 e. The minimum Gasteiger partial charge on any atom is -0.312 e. The predicted molar refractivity (Wildman–Crippen MR) is 92.8 cm³/mol. The van der Waals surface area contributed by atoms with Crippen LogP contribution in [0.2, 0.25) is 0 Å². The molecular weight excluding hydrogens is 286 g/mol. The lowest BCUT2D eigenvalue weighted by molar-refractivity contribution is -0.119. The van der Waals surface area contributed by atoms with Gasteiger partial charge in [0.1, 0.15) is 0 Å². The SMILES string of the molecule is Cc1cnn(CCC(=O)N2CCCc3cc(C(C)C)ccc32)c1. The van der Waals surface area contributed by atoms with Crippen LogP contribution in [0.5, 0.6) is 0 Å². The van der Waals surface area contributed by atoms with Gasteiger partial charge < -0.3 is 4.90 Å². The van der Waals surface area contributed by atoms with Crippen molar-refractivity contribution in [2.45, 2.75) is 52.5 Å². The summed E-state index contributed by atoms with van der Waals surface area (Å²) < 4.78 is 1.85. The van der Waals surface area contributed by atoms with Gasteiger partial charge in [-0.25, -0.2) is 0 Å². The van der Waals surface area contributed by atoms with E-state index < -0.39 is 0 Å². The maximum absolute atomic E-state index is 12.6. The van der Waals surface area contributed by atoms with E-state index in [9.17, 15) is 4.79 Å². The van der Waals surface area contributed by atoms with Gasteiger partial charge in [0.2, 0.25) is 5.91 Å². The molecule has 0 spiro atoms. The Bertz CT molecular complexity index is 702. The van der Waals surface area contributed by atoms with Gasteiger partial charge in [0.25, 0.3) is 0 Å². The molecule has 0 N–H and O–H groups in total. The molecule has 0 aliphatic carbocycles. The number of amides is 1. The molecule has 0 fully saturated rings. The van der Waals surface area contributed by atoms with E-state index in [1.807, 2.05) is 28.9 Å². The molecule has 4 nitrogen and oxygen atoms in total. The molecule has 122 valence electrons. The van der Waals surface area contributed by atoms with Crippen LogP contribution in [0.25, 0.3) is 0 Å². The second-order valence-corrected chi connectivity index (χ2v) is 6.72. The number of carbonyl (C=O) groups is 1. The fraction of sp³-hybridized carbons (Fsp3) is 0.474. The molecule has 1 amide bonds. The minimum atomic E-state index is 0.191. The Morgan fingerprint density at radius 2 is 2.17 bits per heavy atom. The largest absolute Gasteiger partial charge is 0.312 e. The number of nitrogens with zero attached hydrogens (tertiary/aromatic N) is 3. The van der Waals surface area contributed by atoms with Crippen LogP contribution in [0.15, 0.2) is 30.6 Å². The molecule has 1 aliphatic heterocycles. The lowest BCUT2D eigenvalue weighted by Crippen LogP contribution is -2.36. The quantitative estimate of drug-likeness (QED) is 0.864. The van der Waals surface area contributed by atoms with Gasteiger partial charge in [-0.1, -0.05) is 26.0 Å². The number of aryl methyl sites for hydroxylation is 3. The highest BCUT2D eigenvalue weighted by Crippen LogP contribution is 2.30. The van der Waals surface area contributed by atoms with Gasteiger partial charge in [-0.15, -0.1) is 0 Å². The molecule has 4 heteroatoms. The molecule has 23 heavy (non-hydrogen) atoms. The summed E-state index contributed by atoms with van der Waals surface area (Å²) >= 11 is 0. The molecule has 0 saturated carbocycles. The lowest BCUT2D eigenvalue weighted by atomic mass is 9.94. The Labute approximate surface area is 138 Å². The van der Waals surface area contributed by atoms with Crippen molar-refractivity contribution in [2.75, 3.05) is 11.4 Å². The molecule has 1 aromatic heterocycles. The molecule has 0 bridgehead atoms. The third kappa shape index (κ3) is 3.46. The molecule has 2 aromatic rings. The van der Waals surface area contributed by atoms with Gasteiger partial charge in [-0.05, 0) is 48.4 Å². The van der Waals surface area contributed by atoms with Crippen molar-refractivity contribution in [3.05, 3.63) is 47.3 Å². The Balaban J connectivity index is 1.72. The Kier molecular flexibility index (Phi) is 4.51. The Morgan fingerprint density at radius 3 is 2.87 bits per heavy atom. The van der Waals surface area contributed by atoms with Crippen LogP contribution in [-0.4, -0.2) is 22.2 Å². The number of rotatable bonds is 4. The lowest BCUT2D eigenvalue weighted by Gasteiger charge is -2.30. The maximum atomic E-state index is 12.6. The summed E-state index contributed by atoms with van der Waals surface area (Å²) in [5.41, 5.74) is 4.89. The summed E-state index contributed by atoms with van der Waals surface area (Å²) in [5, 5.41) is 4.25. The summed E-state index contributed by atoms with van der Waals surface area (Å²) in [6, 6.07) is 6.56. The van der Waals surface area contributed by atoms with E-state index >= 15 is 0 Å². The highest BCUT2D eigenvalue weighted by atomic mass is 16.2. The number of benzene rings is 1. The van der Waals surface area contributed by atoms with Gasteiger partial charge in [-0.2, -0.15) is 5.10 Å². The molecule has 0 atom stereocenters. The van der Waals surface area contributed by atoms with E-state index in [4.69, 9.17) is 0 Å². The number of carbonyl (C=O) groups excluding carboxylic acids is 1. The summed E-state index contributed by atoms with van der Waals surface area (Å²) in [5.74, 6) is 0.714. The molecule has 3 rings (SSSR count). The van der Waals surface area contributed by atoms with Gasteiger partial charge in [0.05, 0.1) is 6.20 Å². The molecule has 0 saturated heterocycles. The van der Waals surface area contributed by atoms with Crippen molar-refractivity contribution in [3.8, 4) is 0 Å². The van der Waals surface area contributed by atoms with Crippen LogP contribution in [-0.2, 0) is 17.8 Å². The van der Waals surface area contributed by atoms with Gasteiger partial charge >= 0.3 is 0 Å². The third-order valence-corrected chi connectivity index (χ3v) is 4.51. The predicted octanol–water partition coefficient (Wildman–Crippen LogP) is 3.68. The number of aromatic nitrogens is 2. The van der Waals surface area contributed by atoms with Crippen molar-refractivity contribution in [1.29, 1.82) is 0 Å². The first kappa shape index (κ1) is 15.8. The summed E-state index contributed by atoms with van der Waals surface area (Å²) in [7, 11) is 0. The van der Waals surface area contributed by atoms with E-state index in [1.54, 1.807) is 0 Å². The first-order valence-electron chi connectivity index (χ1n) is 8.47. The Hall–Kier alpha value is -2.10. The highest BCUT2D eigenvalue weighted by Gasteiger charge is 2.22. The van der Waals surface area contributed by atoms with Crippen molar-refractivity contribution < 1.29 is 4.79 Å². The van der Waals surface area contributed by atoms with Gasteiger partial charge in [0.15, 0.2) is 0 Å². The van der Waals surface area contributed by atoms with E-state index in [-0.39, 0.29) is 5.91 Å². The number of anilines is 1. The fourth-order valence-electron chi connectivity index (χ4n) is 3.17. The normalized spacial score (nSPS) is 14.2. The number of fused-ring (bicyclic) bond motifs is 1. The zero-order chi connectivity index (χ0) is 16.4. The first-order valence-corrected chi connectivity index (χ1v) is 8.47. The van der Waals surface area contributed by atoms with Crippen LogP contribution < -0.4 is 4.90 Å². The summed E-state index contributed by atoms with van der Waals surface area (Å²) in [4.78, 5) is 14.6. The van der Waals surface area contributed by atoms with Gasteiger partial charge in [-0.3, -0.25) is 9.48 Å². The molecule has 2 heterocycles. The molecule has 0 unspecified atom stereocenters. The molecule has 1 aromatic carbocycles. The maximum Gasteiger partial charge on any atom is 0.228 e. The zero-order valence-electron chi connectivity index (χ0n) is 14.2.